The topological polar surface area (TPSA) is 90.0 Å². The van der Waals surface area contributed by atoms with Crippen molar-refractivity contribution >= 4 is 27.7 Å². The fraction of sp³-hybridized carbons (Fsp3) is 0.417. The van der Waals surface area contributed by atoms with Gasteiger partial charge in [0.05, 0.1) is 5.69 Å². The molecule has 1 atom stereocenters. The van der Waals surface area contributed by atoms with Crippen molar-refractivity contribution in [2.45, 2.75) is 45.8 Å². The van der Waals surface area contributed by atoms with Crippen molar-refractivity contribution in [2.75, 3.05) is 24.9 Å². The van der Waals surface area contributed by atoms with Gasteiger partial charge in [0.25, 0.3) is 0 Å². The zero-order chi connectivity index (χ0) is 25.7. The number of carbonyl (C=O) groups is 2. The van der Waals surface area contributed by atoms with Crippen molar-refractivity contribution in [2.24, 2.45) is 0 Å². The van der Waals surface area contributed by atoms with Crippen molar-refractivity contribution in [3.05, 3.63) is 66.0 Å². The molecule has 0 unspecified atom stereocenters. The summed E-state index contributed by atoms with van der Waals surface area (Å²) in [6, 6.07) is 13.1. The second kappa shape index (κ2) is 11.0. The van der Waals surface area contributed by atoms with E-state index in [9.17, 15) is 22.4 Å². The molecule has 0 bridgehead atoms. The molecule has 186 valence electrons. The molecule has 10 heteroatoms. The fourth-order valence-electron chi connectivity index (χ4n) is 3.16. The maximum atomic E-state index is 13.5. The van der Waals surface area contributed by atoms with E-state index in [1.165, 1.54) is 31.1 Å². The van der Waals surface area contributed by atoms with E-state index in [4.69, 9.17) is 0 Å². The Bertz CT molecular complexity index is 1080. The summed E-state index contributed by atoms with van der Waals surface area (Å²) in [5, 5.41) is 2.87. The average molecular weight is 493 g/mol. The molecule has 0 aliphatic carbocycles. The van der Waals surface area contributed by atoms with Crippen molar-refractivity contribution < 1.29 is 22.4 Å². The predicted octanol–water partition coefficient (Wildman–Crippen LogP) is 2.77. The summed E-state index contributed by atoms with van der Waals surface area (Å²) in [7, 11) is -1.40. The van der Waals surface area contributed by atoms with Gasteiger partial charge in [-0.1, -0.05) is 30.3 Å². The lowest BCUT2D eigenvalue weighted by atomic mass is 10.1. The molecule has 2 rings (SSSR count). The van der Waals surface area contributed by atoms with Crippen LogP contribution < -0.4 is 9.62 Å². The summed E-state index contributed by atoms with van der Waals surface area (Å²) < 4.78 is 41.4. The van der Waals surface area contributed by atoms with E-state index in [2.05, 4.69) is 5.32 Å². The van der Waals surface area contributed by atoms with E-state index in [-0.39, 0.29) is 18.1 Å². The summed E-state index contributed by atoms with van der Waals surface area (Å²) in [5.41, 5.74) is 0.409. The van der Waals surface area contributed by atoms with Crippen LogP contribution in [0.2, 0.25) is 0 Å². The Balaban J connectivity index is 2.43. The number of hydrogen-bond donors (Lipinski definition) is 1. The molecule has 34 heavy (non-hydrogen) atoms. The van der Waals surface area contributed by atoms with Gasteiger partial charge in [0.1, 0.15) is 18.4 Å². The Morgan fingerprint density at radius 2 is 1.56 bits per heavy atom. The van der Waals surface area contributed by atoms with Gasteiger partial charge in [0, 0.05) is 26.2 Å². The first-order chi connectivity index (χ1) is 15.7. The highest BCUT2D eigenvalue weighted by Crippen LogP contribution is 2.21. The summed E-state index contributed by atoms with van der Waals surface area (Å²) in [4.78, 5) is 27.8. The average Bonchev–Trinajstić information content (AvgIpc) is 2.75. The van der Waals surface area contributed by atoms with Crippen LogP contribution in [0.15, 0.2) is 54.6 Å². The van der Waals surface area contributed by atoms with E-state index < -0.39 is 40.1 Å². The lowest BCUT2D eigenvalue weighted by Crippen LogP contribution is -2.54. The van der Waals surface area contributed by atoms with Crippen molar-refractivity contribution in [1.29, 1.82) is 0 Å². The van der Waals surface area contributed by atoms with Gasteiger partial charge in [-0.2, -0.15) is 12.7 Å². The first kappa shape index (κ1) is 27.3. The SMILES string of the molecule is C[C@@H](C(=O)NC(C)(C)C)N(Cc1ccccc1)C(=O)CN(c1ccc(F)cc1)S(=O)(=O)N(C)C. The number of rotatable bonds is 9. The van der Waals surface area contributed by atoms with Gasteiger partial charge >= 0.3 is 10.2 Å². The standard InChI is InChI=1S/C24H33FN4O4S/c1-18(23(31)26-24(2,3)4)28(16-19-10-8-7-9-11-19)22(30)17-29(34(32,33)27(5)6)21-14-12-20(25)13-15-21/h7-15,18H,16-17H2,1-6H3,(H,26,31)/t18-/m0/s1. The molecule has 2 amide bonds. The van der Waals surface area contributed by atoms with E-state index in [1.54, 1.807) is 6.92 Å². The van der Waals surface area contributed by atoms with Crippen LogP contribution >= 0.6 is 0 Å². The summed E-state index contributed by atoms with van der Waals surface area (Å²) in [5.74, 6) is -1.47. The minimum Gasteiger partial charge on any atom is -0.350 e. The number of amides is 2. The van der Waals surface area contributed by atoms with Crippen LogP contribution in [0.3, 0.4) is 0 Å². The molecular formula is C24H33FN4O4S. The normalized spacial score (nSPS) is 12.8. The zero-order valence-corrected chi connectivity index (χ0v) is 21.3. The van der Waals surface area contributed by atoms with Crippen molar-refractivity contribution in [3.63, 3.8) is 0 Å². The molecule has 0 fully saturated rings. The van der Waals surface area contributed by atoms with Gasteiger partial charge < -0.3 is 10.2 Å². The lowest BCUT2D eigenvalue weighted by Gasteiger charge is -2.34. The van der Waals surface area contributed by atoms with Gasteiger partial charge in [-0.15, -0.1) is 0 Å². The summed E-state index contributed by atoms with van der Waals surface area (Å²) >= 11 is 0. The first-order valence-corrected chi connectivity index (χ1v) is 12.2. The smallest absolute Gasteiger partial charge is 0.304 e. The van der Waals surface area contributed by atoms with Gasteiger partial charge in [-0.05, 0) is 57.5 Å². The van der Waals surface area contributed by atoms with E-state index in [1.807, 2.05) is 51.1 Å². The second-order valence-electron chi connectivity index (χ2n) is 9.20. The number of benzene rings is 2. The molecule has 8 nitrogen and oxygen atoms in total. The van der Waals surface area contributed by atoms with Crippen LogP contribution in [0.25, 0.3) is 0 Å². The third-order valence-electron chi connectivity index (χ3n) is 4.99. The molecule has 0 aliphatic heterocycles. The Kier molecular flexibility index (Phi) is 8.79. The number of carbonyl (C=O) groups excluding carboxylic acids is 2. The van der Waals surface area contributed by atoms with Gasteiger partial charge in [0.2, 0.25) is 11.8 Å². The van der Waals surface area contributed by atoms with Crippen LogP contribution in [-0.4, -0.2) is 61.7 Å². The molecule has 0 heterocycles. The Morgan fingerprint density at radius 3 is 2.06 bits per heavy atom. The Morgan fingerprint density at radius 1 is 1.00 bits per heavy atom. The first-order valence-electron chi connectivity index (χ1n) is 10.8. The van der Waals surface area contributed by atoms with Gasteiger partial charge in [-0.3, -0.25) is 9.59 Å². The molecule has 0 aromatic heterocycles. The molecule has 0 aliphatic rings. The van der Waals surface area contributed by atoms with Gasteiger partial charge in [0.15, 0.2) is 0 Å². The number of nitrogens with one attached hydrogen (secondary N) is 1. The highest BCUT2D eigenvalue weighted by molar-refractivity contribution is 7.90. The number of halogens is 1. The lowest BCUT2D eigenvalue weighted by molar-refractivity contribution is -0.140. The van der Waals surface area contributed by atoms with Crippen molar-refractivity contribution in [1.82, 2.24) is 14.5 Å². The third kappa shape index (κ3) is 7.26. The highest BCUT2D eigenvalue weighted by Gasteiger charge is 2.33. The third-order valence-corrected chi connectivity index (χ3v) is 6.81. The van der Waals surface area contributed by atoms with E-state index in [0.717, 1.165) is 26.3 Å². The summed E-state index contributed by atoms with van der Waals surface area (Å²) in [6.07, 6.45) is 0. The molecular weight excluding hydrogens is 459 g/mol. The van der Waals surface area contributed by atoms with Crippen molar-refractivity contribution in [3.8, 4) is 0 Å². The fourth-order valence-corrected chi connectivity index (χ4v) is 4.22. The number of nitrogens with zero attached hydrogens (tertiary/aromatic N) is 3. The van der Waals surface area contributed by atoms with Crippen LogP contribution in [0, 0.1) is 5.82 Å². The van der Waals surface area contributed by atoms with E-state index in [0.29, 0.717) is 0 Å². The maximum Gasteiger partial charge on any atom is 0.304 e. The molecule has 0 radical (unpaired) electrons. The molecule has 0 spiro atoms. The molecule has 0 saturated carbocycles. The van der Waals surface area contributed by atoms with Gasteiger partial charge in [-0.25, -0.2) is 8.70 Å². The quantitative estimate of drug-likeness (QED) is 0.583. The molecule has 2 aromatic carbocycles. The monoisotopic (exact) mass is 492 g/mol. The van der Waals surface area contributed by atoms with Crippen LogP contribution in [-0.2, 0) is 26.3 Å². The summed E-state index contributed by atoms with van der Waals surface area (Å²) in [6.45, 7) is 6.65. The maximum absolute atomic E-state index is 13.5. The Labute approximate surface area is 201 Å². The van der Waals surface area contributed by atoms with E-state index >= 15 is 0 Å². The second-order valence-corrected chi connectivity index (χ2v) is 11.3. The minimum absolute atomic E-state index is 0.109. The molecule has 0 saturated heterocycles. The largest absolute Gasteiger partial charge is 0.350 e. The highest BCUT2D eigenvalue weighted by atomic mass is 32.2. The number of hydrogen-bond acceptors (Lipinski definition) is 4. The molecule has 1 N–H and O–H groups in total. The van der Waals surface area contributed by atoms with Crippen LogP contribution in [0.4, 0.5) is 10.1 Å². The number of anilines is 1. The van der Waals surface area contributed by atoms with Crippen LogP contribution in [0.1, 0.15) is 33.3 Å². The zero-order valence-electron chi connectivity index (χ0n) is 20.4. The minimum atomic E-state index is -4.08. The Hall–Kier alpha value is -2.98. The molecule has 2 aromatic rings. The van der Waals surface area contributed by atoms with Crippen LogP contribution in [0.5, 0.6) is 0 Å². The predicted molar refractivity (Wildman–Crippen MR) is 131 cm³/mol.